The van der Waals surface area contributed by atoms with E-state index in [1.165, 1.54) is 4.90 Å². The zero-order valence-electron chi connectivity index (χ0n) is 17.4. The van der Waals surface area contributed by atoms with E-state index in [0.717, 1.165) is 5.56 Å². The third kappa shape index (κ3) is 3.51. The van der Waals surface area contributed by atoms with Crippen LogP contribution in [-0.4, -0.2) is 59.9 Å². The Hall–Kier alpha value is -3.10. The molecule has 3 atom stereocenters. The first-order valence-electron chi connectivity index (χ1n) is 10.4. The number of aliphatic hydroxyl groups is 1. The van der Waals surface area contributed by atoms with E-state index in [-0.39, 0.29) is 19.1 Å². The topological polar surface area (TPSA) is 105 Å². The van der Waals surface area contributed by atoms with Gasteiger partial charge in [0.1, 0.15) is 17.9 Å². The first kappa shape index (κ1) is 21.1. The smallest absolute Gasteiger partial charge is 0.411 e. The lowest BCUT2D eigenvalue weighted by molar-refractivity contribution is -0.141. The Morgan fingerprint density at radius 3 is 2.58 bits per heavy atom. The van der Waals surface area contributed by atoms with Crippen molar-refractivity contribution in [1.29, 1.82) is 0 Å². The van der Waals surface area contributed by atoms with Crippen molar-refractivity contribution >= 4 is 17.7 Å². The second-order valence-corrected chi connectivity index (χ2v) is 7.88. The Kier molecular flexibility index (Phi) is 5.84. The van der Waals surface area contributed by atoms with Crippen molar-refractivity contribution in [3.05, 3.63) is 60.2 Å². The summed E-state index contributed by atoms with van der Waals surface area (Å²) in [4.78, 5) is 29.5. The second kappa shape index (κ2) is 8.56. The molecule has 2 aliphatic heterocycles. The summed E-state index contributed by atoms with van der Waals surface area (Å²) in [6.07, 6.45) is 0.605. The zero-order chi connectivity index (χ0) is 22.0. The van der Waals surface area contributed by atoms with Crippen LogP contribution in [0.1, 0.15) is 18.4 Å². The van der Waals surface area contributed by atoms with Crippen molar-refractivity contribution < 1.29 is 24.2 Å². The number of carbonyl (C=O) groups is 2. The number of rotatable bonds is 6. The average molecular weight is 425 g/mol. The van der Waals surface area contributed by atoms with Gasteiger partial charge in [0.15, 0.2) is 0 Å². The van der Waals surface area contributed by atoms with Gasteiger partial charge in [0.2, 0.25) is 0 Å². The van der Waals surface area contributed by atoms with Crippen LogP contribution in [0.2, 0.25) is 0 Å². The molecule has 1 spiro atoms. The highest BCUT2D eigenvalue weighted by atomic mass is 16.6. The van der Waals surface area contributed by atoms with Crippen LogP contribution in [0.4, 0.5) is 10.5 Å². The predicted molar refractivity (Wildman–Crippen MR) is 115 cm³/mol. The first-order valence-corrected chi connectivity index (χ1v) is 10.4. The summed E-state index contributed by atoms with van der Waals surface area (Å²) in [5.74, 6) is 0.460. The number of amides is 2. The number of likely N-dealkylation sites (tertiary alicyclic amines) is 1. The molecule has 2 aromatic rings. The molecule has 8 nitrogen and oxygen atoms in total. The SMILES string of the molecule is COc1ccc(N2C(=O)[C@]3(CCCN3C(=O)OCc3ccccc3)[C@H]2[C@@H](N)CO)cc1. The van der Waals surface area contributed by atoms with E-state index in [2.05, 4.69) is 0 Å². The Morgan fingerprint density at radius 1 is 1.23 bits per heavy atom. The summed E-state index contributed by atoms with van der Waals surface area (Å²) in [7, 11) is 1.57. The van der Waals surface area contributed by atoms with Crippen LogP contribution in [0, 0.1) is 0 Å². The molecule has 2 amide bonds. The van der Waals surface area contributed by atoms with Crippen LogP contribution in [0.3, 0.4) is 0 Å². The molecule has 2 heterocycles. The Morgan fingerprint density at radius 2 is 1.94 bits per heavy atom. The van der Waals surface area contributed by atoms with Crippen molar-refractivity contribution in [3.8, 4) is 5.75 Å². The van der Waals surface area contributed by atoms with Crippen LogP contribution in [0.5, 0.6) is 5.75 Å². The number of hydrogen-bond acceptors (Lipinski definition) is 6. The molecule has 2 saturated heterocycles. The van der Waals surface area contributed by atoms with Gasteiger partial charge in [-0.15, -0.1) is 0 Å². The van der Waals surface area contributed by atoms with Gasteiger partial charge in [-0.2, -0.15) is 0 Å². The number of aliphatic hydroxyl groups excluding tert-OH is 1. The summed E-state index contributed by atoms with van der Waals surface area (Å²) < 4.78 is 10.7. The minimum atomic E-state index is -1.10. The maximum Gasteiger partial charge on any atom is 0.411 e. The Labute approximate surface area is 181 Å². The maximum absolute atomic E-state index is 13.5. The minimum absolute atomic E-state index is 0.124. The number of methoxy groups -OCH3 is 1. The monoisotopic (exact) mass is 425 g/mol. The molecule has 0 saturated carbocycles. The largest absolute Gasteiger partial charge is 0.497 e. The summed E-state index contributed by atoms with van der Waals surface area (Å²) in [6.45, 7) is 0.225. The van der Waals surface area contributed by atoms with E-state index in [1.807, 2.05) is 30.3 Å². The predicted octanol–water partition coefficient (Wildman–Crippen LogP) is 1.90. The van der Waals surface area contributed by atoms with E-state index < -0.39 is 23.7 Å². The Bertz CT molecular complexity index is 936. The molecule has 2 aliphatic rings. The number of carbonyl (C=O) groups excluding carboxylic acids is 2. The Balaban J connectivity index is 1.58. The first-order chi connectivity index (χ1) is 15.0. The van der Waals surface area contributed by atoms with Crippen LogP contribution in [0.25, 0.3) is 0 Å². The van der Waals surface area contributed by atoms with Crippen molar-refractivity contribution in [2.45, 2.75) is 37.1 Å². The molecule has 0 bridgehead atoms. The van der Waals surface area contributed by atoms with Crippen LogP contribution in [0.15, 0.2) is 54.6 Å². The van der Waals surface area contributed by atoms with Crippen LogP contribution in [-0.2, 0) is 16.1 Å². The van der Waals surface area contributed by atoms with E-state index in [9.17, 15) is 14.7 Å². The molecule has 4 rings (SSSR count). The van der Waals surface area contributed by atoms with E-state index in [0.29, 0.717) is 30.8 Å². The fraction of sp³-hybridized carbons (Fsp3) is 0.391. The summed E-state index contributed by atoms with van der Waals surface area (Å²) in [5, 5.41) is 9.81. The normalized spacial score (nSPS) is 23.6. The number of hydrogen-bond donors (Lipinski definition) is 2. The lowest BCUT2D eigenvalue weighted by Crippen LogP contribution is -2.83. The van der Waals surface area contributed by atoms with Gasteiger partial charge in [-0.3, -0.25) is 9.69 Å². The number of nitrogens with zero attached hydrogens (tertiary/aromatic N) is 2. The number of ether oxygens (including phenoxy) is 2. The molecular weight excluding hydrogens is 398 g/mol. The summed E-state index contributed by atoms with van der Waals surface area (Å²) in [5.41, 5.74) is 6.67. The van der Waals surface area contributed by atoms with Crippen molar-refractivity contribution in [1.82, 2.24) is 4.90 Å². The molecule has 0 unspecified atom stereocenters. The van der Waals surface area contributed by atoms with Crippen molar-refractivity contribution in [2.24, 2.45) is 5.73 Å². The van der Waals surface area contributed by atoms with Gasteiger partial charge in [0.05, 0.1) is 25.8 Å². The average Bonchev–Trinajstić information content (AvgIpc) is 3.28. The third-order valence-corrected chi connectivity index (χ3v) is 6.17. The van der Waals surface area contributed by atoms with E-state index in [1.54, 1.807) is 36.3 Å². The van der Waals surface area contributed by atoms with E-state index in [4.69, 9.17) is 15.2 Å². The molecular formula is C23H27N3O5. The number of β-lactam (4-membered cyclic amide) rings is 1. The molecule has 3 N–H and O–H groups in total. The van der Waals surface area contributed by atoms with Crippen LogP contribution < -0.4 is 15.4 Å². The molecule has 0 aliphatic carbocycles. The van der Waals surface area contributed by atoms with Crippen molar-refractivity contribution in [3.63, 3.8) is 0 Å². The highest BCUT2D eigenvalue weighted by Crippen LogP contribution is 2.47. The number of benzene rings is 2. The molecule has 2 fully saturated rings. The van der Waals surface area contributed by atoms with Crippen molar-refractivity contribution in [2.75, 3.05) is 25.2 Å². The van der Waals surface area contributed by atoms with Gasteiger partial charge in [-0.05, 0) is 42.7 Å². The second-order valence-electron chi connectivity index (χ2n) is 7.88. The van der Waals surface area contributed by atoms with Gasteiger partial charge in [0, 0.05) is 12.2 Å². The molecule has 164 valence electrons. The van der Waals surface area contributed by atoms with E-state index >= 15 is 0 Å². The fourth-order valence-electron chi connectivity index (χ4n) is 4.70. The lowest BCUT2D eigenvalue weighted by Gasteiger charge is -2.58. The standard InChI is InChI=1S/C23H27N3O5/c1-30-18-10-8-17(9-11-18)26-20(19(24)14-27)23(21(26)28)12-5-13-25(23)22(29)31-15-16-6-3-2-4-7-16/h2-4,6-11,19-20,27H,5,12-15,24H2,1H3/t19-,20+,23-/m0/s1. The molecule has 8 heteroatoms. The zero-order valence-corrected chi connectivity index (χ0v) is 17.4. The summed E-state index contributed by atoms with van der Waals surface area (Å²) >= 11 is 0. The number of anilines is 1. The van der Waals surface area contributed by atoms with Gasteiger partial charge in [-0.1, -0.05) is 30.3 Å². The van der Waals surface area contributed by atoms with Gasteiger partial charge < -0.3 is 25.2 Å². The molecule has 0 radical (unpaired) electrons. The molecule has 0 aromatic heterocycles. The molecule has 2 aromatic carbocycles. The summed E-state index contributed by atoms with van der Waals surface area (Å²) in [6, 6.07) is 15.2. The van der Waals surface area contributed by atoms with Gasteiger partial charge >= 0.3 is 6.09 Å². The number of nitrogens with two attached hydrogens (primary N) is 1. The van der Waals surface area contributed by atoms with Gasteiger partial charge in [-0.25, -0.2) is 4.79 Å². The third-order valence-electron chi connectivity index (χ3n) is 6.17. The minimum Gasteiger partial charge on any atom is -0.497 e. The quantitative estimate of drug-likeness (QED) is 0.685. The van der Waals surface area contributed by atoms with Gasteiger partial charge in [0.25, 0.3) is 5.91 Å². The fourth-order valence-corrected chi connectivity index (χ4v) is 4.70. The van der Waals surface area contributed by atoms with Crippen LogP contribution >= 0.6 is 0 Å². The highest BCUT2D eigenvalue weighted by Gasteiger charge is 2.68. The highest BCUT2D eigenvalue weighted by molar-refractivity contribution is 6.11. The maximum atomic E-state index is 13.5. The molecule has 31 heavy (non-hydrogen) atoms. The lowest BCUT2D eigenvalue weighted by atomic mass is 9.72.